The summed E-state index contributed by atoms with van der Waals surface area (Å²) in [6.45, 7) is 12.3. The fourth-order valence-corrected chi connectivity index (χ4v) is 6.17. The summed E-state index contributed by atoms with van der Waals surface area (Å²) in [6.07, 6.45) is 25.7. The van der Waals surface area contributed by atoms with Crippen LogP contribution in [0, 0.1) is 0 Å². The number of piperazine rings is 1. The number of carbonyl (C=O) groups excluding carboxylic acids is 2. The minimum absolute atomic E-state index is 0. The van der Waals surface area contributed by atoms with Crippen molar-refractivity contribution >= 4 is 11.9 Å². The average molecular weight is 786 g/mol. The van der Waals surface area contributed by atoms with E-state index in [0.717, 1.165) is 69.4 Å². The van der Waals surface area contributed by atoms with Crippen molar-refractivity contribution in [2.24, 2.45) is 0 Å². The van der Waals surface area contributed by atoms with Crippen molar-refractivity contribution in [1.29, 1.82) is 0 Å². The van der Waals surface area contributed by atoms with E-state index in [4.69, 9.17) is 9.47 Å². The maximum Gasteiger partial charge on any atom is 0.361 e. The molecule has 1 heterocycles. The fraction of sp³-hybridized carbons (Fsp3) is 0.946. The molecule has 276 valence electrons. The van der Waals surface area contributed by atoms with Gasteiger partial charge in [0.2, 0.25) is 0 Å². The second-order valence-electron chi connectivity index (χ2n) is 14.7. The van der Waals surface area contributed by atoms with Crippen molar-refractivity contribution in [2.45, 2.75) is 142 Å². The zero-order valence-corrected chi connectivity index (χ0v) is 34.1. The Morgan fingerprint density at radius 1 is 0.609 bits per heavy atom. The van der Waals surface area contributed by atoms with E-state index >= 15 is 0 Å². The summed E-state index contributed by atoms with van der Waals surface area (Å²) in [7, 11) is 6.43. The molecule has 1 fully saturated rings. The standard InChI is InChI=1S/C37H75N3O4.2BrH/c1-6-8-10-12-14-16-18-20-22-24-32-43-36(41)34-39(3,4)29-26-38-27-30-40(5,31-28-38)35-37(42)44-33-25-23-21-19-17-15-13-11-9-7-2;;/h6-35H2,1-5H3;2*1H/q+2;;/p-2. The Bertz CT molecular complexity index is 719. The zero-order valence-electron chi connectivity index (χ0n) is 30.9. The lowest BCUT2D eigenvalue weighted by molar-refractivity contribution is -0.907. The average Bonchev–Trinajstić information content (AvgIpc) is 2.98. The number of nitrogens with zero attached hydrogens (tertiary/aromatic N) is 3. The molecule has 46 heavy (non-hydrogen) atoms. The van der Waals surface area contributed by atoms with Gasteiger partial charge in [-0.2, -0.15) is 0 Å². The quantitative estimate of drug-likeness (QED) is 0.0659. The largest absolute Gasteiger partial charge is 1.00 e. The molecular formula is C37H75Br2N3O4. The Kier molecular flexibility index (Phi) is 32.1. The highest BCUT2D eigenvalue weighted by Crippen LogP contribution is 2.14. The lowest BCUT2D eigenvalue weighted by Gasteiger charge is -2.42. The molecule has 0 atom stereocenters. The summed E-state index contributed by atoms with van der Waals surface area (Å²) in [4.78, 5) is 27.4. The SMILES string of the molecule is CCCCCCCCCCCCOC(=O)C[N+](C)(C)CCN1CC[N+](C)(CC(=O)OCCCCCCCCCCCC)CC1.[Br-].[Br-]. The molecule has 0 aromatic carbocycles. The van der Waals surface area contributed by atoms with Crippen LogP contribution < -0.4 is 34.0 Å². The summed E-state index contributed by atoms with van der Waals surface area (Å²) >= 11 is 0. The van der Waals surface area contributed by atoms with Crippen molar-refractivity contribution in [3.8, 4) is 0 Å². The number of hydrogen-bond donors (Lipinski definition) is 0. The van der Waals surface area contributed by atoms with Crippen molar-refractivity contribution in [3.05, 3.63) is 0 Å². The molecule has 0 aromatic rings. The van der Waals surface area contributed by atoms with Gasteiger partial charge in [0.05, 0.1) is 54.0 Å². The number of quaternary nitrogens is 2. The molecule has 0 saturated carbocycles. The first kappa shape index (κ1) is 47.9. The predicted octanol–water partition coefficient (Wildman–Crippen LogP) is 1.76. The van der Waals surface area contributed by atoms with Crippen molar-refractivity contribution in [1.82, 2.24) is 4.90 Å². The van der Waals surface area contributed by atoms with Gasteiger partial charge in [-0.3, -0.25) is 4.90 Å². The predicted molar refractivity (Wildman–Crippen MR) is 185 cm³/mol. The van der Waals surface area contributed by atoms with Crippen LogP contribution in [-0.4, -0.2) is 113 Å². The zero-order chi connectivity index (χ0) is 32.4. The summed E-state index contributed by atoms with van der Waals surface area (Å²) in [6, 6.07) is 0. The molecule has 1 rings (SSSR count). The molecule has 9 heteroatoms. The summed E-state index contributed by atoms with van der Waals surface area (Å²) < 4.78 is 12.6. The highest BCUT2D eigenvalue weighted by Gasteiger charge is 2.32. The first-order valence-corrected chi connectivity index (χ1v) is 18.9. The van der Waals surface area contributed by atoms with E-state index < -0.39 is 0 Å². The Morgan fingerprint density at radius 3 is 1.39 bits per heavy atom. The van der Waals surface area contributed by atoms with E-state index in [2.05, 4.69) is 39.9 Å². The molecule has 7 nitrogen and oxygen atoms in total. The van der Waals surface area contributed by atoms with Crippen LogP contribution in [0.1, 0.15) is 142 Å². The normalized spacial score (nSPS) is 14.7. The monoisotopic (exact) mass is 783 g/mol. The van der Waals surface area contributed by atoms with Crippen molar-refractivity contribution in [3.63, 3.8) is 0 Å². The van der Waals surface area contributed by atoms with Crippen LogP contribution >= 0.6 is 0 Å². The third kappa shape index (κ3) is 27.7. The molecule has 0 aromatic heterocycles. The Labute approximate surface area is 306 Å². The molecule has 0 bridgehead atoms. The Hall–Kier alpha value is -0.220. The van der Waals surface area contributed by atoms with Gasteiger partial charge in [0.15, 0.2) is 13.1 Å². The number of hydrogen-bond acceptors (Lipinski definition) is 5. The van der Waals surface area contributed by atoms with E-state index in [0.29, 0.717) is 30.8 Å². The molecule has 0 unspecified atom stereocenters. The highest BCUT2D eigenvalue weighted by atomic mass is 79.9. The van der Waals surface area contributed by atoms with Crippen molar-refractivity contribution < 1.29 is 62.0 Å². The molecule has 0 N–H and O–H groups in total. The lowest BCUT2D eigenvalue weighted by atomic mass is 10.1. The topological polar surface area (TPSA) is 55.8 Å². The summed E-state index contributed by atoms with van der Waals surface area (Å²) in [5.74, 6) is -0.129. The number of rotatable bonds is 29. The van der Waals surface area contributed by atoms with Gasteiger partial charge >= 0.3 is 11.9 Å². The second kappa shape index (κ2) is 30.8. The number of likely N-dealkylation sites (N-methyl/N-ethyl adjacent to an activating group) is 2. The van der Waals surface area contributed by atoms with Gasteiger partial charge < -0.3 is 52.4 Å². The first-order chi connectivity index (χ1) is 21.2. The highest BCUT2D eigenvalue weighted by molar-refractivity contribution is 5.70. The summed E-state index contributed by atoms with van der Waals surface area (Å²) in [5, 5.41) is 0. The first-order valence-electron chi connectivity index (χ1n) is 18.9. The van der Waals surface area contributed by atoms with Crippen LogP contribution in [0.3, 0.4) is 0 Å². The van der Waals surface area contributed by atoms with Crippen LogP contribution in [0.5, 0.6) is 0 Å². The lowest BCUT2D eigenvalue weighted by Crippen LogP contribution is -3.00. The van der Waals surface area contributed by atoms with Gasteiger partial charge in [0, 0.05) is 19.6 Å². The number of unbranched alkanes of at least 4 members (excludes halogenated alkanes) is 18. The number of halogens is 2. The fourth-order valence-electron chi connectivity index (χ4n) is 6.17. The van der Waals surface area contributed by atoms with Gasteiger partial charge in [0.1, 0.15) is 0 Å². The molecule has 0 spiro atoms. The molecule has 1 aliphatic rings. The third-order valence-electron chi connectivity index (χ3n) is 9.52. The second-order valence-corrected chi connectivity index (χ2v) is 14.7. The Balaban J connectivity index is 0. The minimum Gasteiger partial charge on any atom is -1.00 e. The van der Waals surface area contributed by atoms with Gasteiger partial charge in [-0.15, -0.1) is 0 Å². The van der Waals surface area contributed by atoms with E-state index in [1.165, 1.54) is 103 Å². The summed E-state index contributed by atoms with van der Waals surface area (Å²) in [5.41, 5.74) is 0. The smallest absolute Gasteiger partial charge is 0.361 e. The van der Waals surface area contributed by atoms with Gasteiger partial charge in [-0.05, 0) is 12.8 Å². The van der Waals surface area contributed by atoms with Crippen LogP contribution in [0.4, 0.5) is 0 Å². The number of ether oxygens (including phenoxy) is 2. The minimum atomic E-state index is -0.0786. The van der Waals surface area contributed by atoms with Gasteiger partial charge in [-0.25, -0.2) is 9.59 Å². The maximum absolute atomic E-state index is 12.5. The van der Waals surface area contributed by atoms with E-state index in [-0.39, 0.29) is 45.9 Å². The van der Waals surface area contributed by atoms with E-state index in [1.807, 2.05) is 0 Å². The number of esters is 2. The van der Waals surface area contributed by atoms with Crippen LogP contribution in [0.25, 0.3) is 0 Å². The maximum atomic E-state index is 12.5. The third-order valence-corrected chi connectivity index (χ3v) is 9.52. The molecule has 0 amide bonds. The molecular weight excluding hydrogens is 710 g/mol. The molecule has 1 aliphatic heterocycles. The molecule has 0 radical (unpaired) electrons. The van der Waals surface area contributed by atoms with E-state index in [1.54, 1.807) is 0 Å². The Morgan fingerprint density at radius 2 is 0.978 bits per heavy atom. The van der Waals surface area contributed by atoms with E-state index in [9.17, 15) is 9.59 Å². The molecule has 1 saturated heterocycles. The van der Waals surface area contributed by atoms with Crippen LogP contribution in [-0.2, 0) is 19.1 Å². The van der Waals surface area contributed by atoms with Crippen LogP contribution in [0.15, 0.2) is 0 Å². The van der Waals surface area contributed by atoms with Gasteiger partial charge in [0.25, 0.3) is 0 Å². The van der Waals surface area contributed by atoms with Gasteiger partial charge in [-0.1, -0.05) is 129 Å². The van der Waals surface area contributed by atoms with Crippen LogP contribution in [0.2, 0.25) is 0 Å². The van der Waals surface area contributed by atoms with Crippen molar-refractivity contribution in [2.75, 3.05) is 86.7 Å². The number of carbonyl (C=O) groups is 2. The molecule has 0 aliphatic carbocycles.